The molecule has 1 aromatic heterocycles. The zero-order valence-electron chi connectivity index (χ0n) is 17.8. The first-order valence-corrected chi connectivity index (χ1v) is 11.1. The number of amides is 1. The van der Waals surface area contributed by atoms with E-state index in [4.69, 9.17) is 9.47 Å². The van der Waals surface area contributed by atoms with Crippen LogP contribution in [-0.2, 0) is 12.8 Å². The van der Waals surface area contributed by atoms with E-state index in [0.717, 1.165) is 35.4 Å². The molecule has 2 heterocycles. The van der Waals surface area contributed by atoms with Gasteiger partial charge in [0.1, 0.15) is 11.2 Å². The number of methoxy groups -OCH3 is 2. The summed E-state index contributed by atoms with van der Waals surface area (Å²) in [6.45, 7) is 7.01. The second-order valence-electron chi connectivity index (χ2n) is 8.66. The van der Waals surface area contributed by atoms with Crippen LogP contribution in [-0.4, -0.2) is 20.1 Å². The summed E-state index contributed by atoms with van der Waals surface area (Å²) >= 11 is 1.76. The van der Waals surface area contributed by atoms with E-state index < -0.39 is 0 Å². The summed E-state index contributed by atoms with van der Waals surface area (Å²) in [6, 6.07) is 5.74. The van der Waals surface area contributed by atoms with Gasteiger partial charge in [-0.2, -0.15) is 0 Å². The summed E-state index contributed by atoms with van der Waals surface area (Å²) in [6.07, 6.45) is 4.12. The lowest BCUT2D eigenvalue weighted by Gasteiger charge is -2.36. The quantitative estimate of drug-likeness (QED) is 0.709. The van der Waals surface area contributed by atoms with Gasteiger partial charge in [-0.15, -0.1) is 11.3 Å². The molecule has 5 nitrogen and oxygen atoms in total. The topological polar surface area (TPSA) is 59.6 Å². The molecule has 2 aliphatic rings. The molecule has 0 saturated carbocycles. The Hall–Kier alpha value is -2.21. The molecular weight excluding hydrogens is 384 g/mol. The fraction of sp³-hybridized carbons (Fsp3) is 0.522. The minimum absolute atomic E-state index is 0.0178. The molecule has 0 saturated heterocycles. The van der Waals surface area contributed by atoms with E-state index in [-0.39, 0.29) is 12.1 Å². The molecular formula is C23H30N2O3S. The molecule has 156 valence electrons. The number of thiophene rings is 1. The van der Waals surface area contributed by atoms with E-state index in [1.165, 1.54) is 16.9 Å². The predicted molar refractivity (Wildman–Crippen MR) is 117 cm³/mol. The zero-order chi connectivity index (χ0) is 20.8. The number of hydrogen-bond acceptors (Lipinski definition) is 5. The molecule has 1 amide bonds. The summed E-state index contributed by atoms with van der Waals surface area (Å²) in [7, 11) is 3.24. The van der Waals surface area contributed by atoms with Crippen LogP contribution >= 0.6 is 11.3 Å². The number of carbonyl (C=O) groups is 1. The van der Waals surface area contributed by atoms with Gasteiger partial charge in [0.05, 0.1) is 19.8 Å². The monoisotopic (exact) mass is 414 g/mol. The van der Waals surface area contributed by atoms with Crippen LogP contribution in [0.3, 0.4) is 0 Å². The minimum atomic E-state index is -0.280. The summed E-state index contributed by atoms with van der Waals surface area (Å²) in [5.74, 6) is 2.02. The van der Waals surface area contributed by atoms with Crippen LogP contribution in [0.25, 0.3) is 0 Å². The average molecular weight is 415 g/mol. The minimum Gasteiger partial charge on any atom is -0.493 e. The summed E-state index contributed by atoms with van der Waals surface area (Å²) in [5, 5.41) is 7.67. The first kappa shape index (κ1) is 20.1. The maximum atomic E-state index is 13.0. The van der Waals surface area contributed by atoms with Crippen LogP contribution in [0, 0.1) is 11.3 Å². The third kappa shape index (κ3) is 3.48. The lowest BCUT2D eigenvalue weighted by Crippen LogP contribution is -2.38. The molecule has 0 spiro atoms. The molecule has 29 heavy (non-hydrogen) atoms. The second-order valence-corrected chi connectivity index (χ2v) is 9.76. The molecule has 1 aliphatic carbocycles. The fourth-order valence-corrected chi connectivity index (χ4v) is 5.81. The van der Waals surface area contributed by atoms with Gasteiger partial charge in [0, 0.05) is 4.88 Å². The van der Waals surface area contributed by atoms with Crippen molar-refractivity contribution in [1.29, 1.82) is 0 Å². The first-order valence-electron chi connectivity index (χ1n) is 10.3. The lowest BCUT2D eigenvalue weighted by molar-refractivity contribution is 0.0934. The molecule has 4 rings (SSSR count). The first-order chi connectivity index (χ1) is 13.9. The van der Waals surface area contributed by atoms with Crippen molar-refractivity contribution in [3.05, 3.63) is 39.8 Å². The van der Waals surface area contributed by atoms with Gasteiger partial charge >= 0.3 is 0 Å². The molecule has 1 aliphatic heterocycles. The Bertz CT molecular complexity index is 934. The highest BCUT2D eigenvalue weighted by molar-refractivity contribution is 7.16. The van der Waals surface area contributed by atoms with Gasteiger partial charge in [-0.3, -0.25) is 4.79 Å². The van der Waals surface area contributed by atoms with Crippen LogP contribution in [0.4, 0.5) is 5.00 Å². The molecule has 0 unspecified atom stereocenters. The summed E-state index contributed by atoms with van der Waals surface area (Å²) in [4.78, 5) is 14.4. The number of rotatable bonds is 5. The van der Waals surface area contributed by atoms with E-state index in [2.05, 4.69) is 31.4 Å². The van der Waals surface area contributed by atoms with Crippen molar-refractivity contribution in [2.75, 3.05) is 19.5 Å². The number of anilines is 1. The Morgan fingerprint density at radius 1 is 1.17 bits per heavy atom. The van der Waals surface area contributed by atoms with Crippen LogP contribution in [0.1, 0.15) is 66.1 Å². The van der Waals surface area contributed by atoms with Crippen molar-refractivity contribution in [3.8, 4) is 11.5 Å². The molecule has 0 radical (unpaired) electrons. The Labute approximate surface area is 176 Å². The third-order valence-electron chi connectivity index (χ3n) is 6.80. The van der Waals surface area contributed by atoms with Crippen molar-refractivity contribution < 1.29 is 14.3 Å². The van der Waals surface area contributed by atoms with E-state index in [1.807, 2.05) is 18.2 Å². The van der Waals surface area contributed by atoms with Gasteiger partial charge in [0.15, 0.2) is 11.5 Å². The van der Waals surface area contributed by atoms with Crippen LogP contribution in [0.5, 0.6) is 11.5 Å². The number of carbonyl (C=O) groups excluding carboxylic acids is 1. The largest absolute Gasteiger partial charge is 0.493 e. The smallest absolute Gasteiger partial charge is 0.256 e. The molecule has 6 heteroatoms. The standard InChI is InChI=1S/C23H30N2O3S/c1-6-23(2,3)14-8-9-15-18(12-14)29-22-19(15)21(26)24-20(25-22)13-7-10-16(27-4)17(11-13)28-5/h7,10-11,14,20,25H,6,8-9,12H2,1-5H3,(H,24,26)/t14-,20+/m1/s1. The molecule has 1 aromatic carbocycles. The summed E-state index contributed by atoms with van der Waals surface area (Å²) < 4.78 is 10.7. The molecule has 0 fully saturated rings. The molecule has 2 aromatic rings. The highest BCUT2D eigenvalue weighted by Gasteiger charge is 2.37. The highest BCUT2D eigenvalue weighted by atomic mass is 32.1. The molecule has 2 atom stereocenters. The maximum absolute atomic E-state index is 13.0. The van der Waals surface area contributed by atoms with Crippen LogP contribution in [0.2, 0.25) is 0 Å². The normalized spacial score (nSPS) is 20.9. The SMILES string of the molecule is CCC(C)(C)[C@@H]1CCc2c(sc3c2C(=O)N[C@H](c2ccc(OC)c(OC)c2)N3)C1. The van der Waals surface area contributed by atoms with E-state index in [0.29, 0.717) is 22.8 Å². The van der Waals surface area contributed by atoms with E-state index >= 15 is 0 Å². The van der Waals surface area contributed by atoms with Gasteiger partial charge in [-0.1, -0.05) is 33.3 Å². The lowest BCUT2D eigenvalue weighted by atomic mass is 9.69. The van der Waals surface area contributed by atoms with Crippen LogP contribution in [0.15, 0.2) is 18.2 Å². The summed E-state index contributed by atoms with van der Waals surface area (Å²) in [5.41, 5.74) is 3.39. The average Bonchev–Trinajstić information content (AvgIpc) is 3.11. The number of benzene rings is 1. The van der Waals surface area contributed by atoms with Crippen molar-refractivity contribution >= 4 is 22.2 Å². The maximum Gasteiger partial charge on any atom is 0.256 e. The predicted octanol–water partition coefficient (Wildman–Crippen LogP) is 5.16. The van der Waals surface area contributed by atoms with Gasteiger partial charge in [-0.25, -0.2) is 0 Å². The van der Waals surface area contributed by atoms with Crippen molar-refractivity contribution in [3.63, 3.8) is 0 Å². The zero-order valence-corrected chi connectivity index (χ0v) is 18.7. The Morgan fingerprint density at radius 2 is 1.93 bits per heavy atom. The molecule has 2 N–H and O–H groups in total. The van der Waals surface area contributed by atoms with E-state index in [1.54, 1.807) is 25.6 Å². The van der Waals surface area contributed by atoms with Crippen molar-refractivity contribution in [2.45, 2.75) is 52.6 Å². The van der Waals surface area contributed by atoms with Gasteiger partial charge in [-0.05, 0) is 53.9 Å². The van der Waals surface area contributed by atoms with Gasteiger partial charge < -0.3 is 20.1 Å². The number of nitrogens with one attached hydrogen (secondary N) is 2. The van der Waals surface area contributed by atoms with Crippen molar-refractivity contribution in [1.82, 2.24) is 5.32 Å². The number of hydrogen-bond donors (Lipinski definition) is 2. The van der Waals surface area contributed by atoms with Crippen LogP contribution < -0.4 is 20.1 Å². The van der Waals surface area contributed by atoms with Gasteiger partial charge in [0.2, 0.25) is 0 Å². The Kier molecular flexibility index (Phi) is 5.23. The van der Waals surface area contributed by atoms with E-state index in [9.17, 15) is 4.79 Å². The molecule has 0 bridgehead atoms. The van der Waals surface area contributed by atoms with Crippen molar-refractivity contribution in [2.24, 2.45) is 11.3 Å². The number of fused-ring (bicyclic) bond motifs is 3. The Morgan fingerprint density at radius 3 is 2.62 bits per heavy atom. The fourth-order valence-electron chi connectivity index (χ4n) is 4.45. The Balaban J connectivity index is 1.62. The number of ether oxygens (including phenoxy) is 2. The second kappa shape index (κ2) is 7.56. The highest BCUT2D eigenvalue weighted by Crippen LogP contribution is 2.47. The van der Waals surface area contributed by atoms with Gasteiger partial charge in [0.25, 0.3) is 5.91 Å². The third-order valence-corrected chi connectivity index (χ3v) is 7.99.